The Morgan fingerprint density at radius 1 is 1.21 bits per heavy atom. The van der Waals surface area contributed by atoms with E-state index in [4.69, 9.17) is 4.74 Å². The van der Waals surface area contributed by atoms with Gasteiger partial charge in [0.1, 0.15) is 5.69 Å². The predicted octanol–water partition coefficient (Wildman–Crippen LogP) is 4.55. The summed E-state index contributed by atoms with van der Waals surface area (Å²) in [6.45, 7) is 8.00. The maximum Gasteiger partial charge on any atom is 0.274 e. The van der Waals surface area contributed by atoms with Gasteiger partial charge in [-0.1, -0.05) is 0 Å². The van der Waals surface area contributed by atoms with E-state index in [0.29, 0.717) is 0 Å². The number of pyridine rings is 1. The van der Waals surface area contributed by atoms with Crippen molar-refractivity contribution in [1.82, 2.24) is 14.8 Å². The fourth-order valence-corrected chi connectivity index (χ4v) is 2.80. The molecule has 0 saturated carbocycles. The van der Waals surface area contributed by atoms with Crippen LogP contribution in [0.25, 0.3) is 11.1 Å². The van der Waals surface area contributed by atoms with Gasteiger partial charge in [0.05, 0.1) is 24.5 Å². The van der Waals surface area contributed by atoms with Crippen LogP contribution >= 0.6 is 0 Å². The van der Waals surface area contributed by atoms with Gasteiger partial charge in [0.2, 0.25) is 5.82 Å². The van der Waals surface area contributed by atoms with Crippen LogP contribution in [-0.4, -0.2) is 27.8 Å². The van der Waals surface area contributed by atoms with Gasteiger partial charge in [-0.15, -0.1) is 0 Å². The smallest absolute Gasteiger partial charge is 0.274 e. The summed E-state index contributed by atoms with van der Waals surface area (Å²) in [4.78, 5) is 16.8. The number of halogens is 2. The molecule has 6 nitrogen and oxygen atoms in total. The fraction of sp³-hybridized carbons (Fsp3) is 0.286. The van der Waals surface area contributed by atoms with Gasteiger partial charge in [0.15, 0.2) is 11.6 Å². The number of carbonyl (C=O) groups excluding carboxylic acids is 1. The molecule has 29 heavy (non-hydrogen) atoms. The Morgan fingerprint density at radius 3 is 2.55 bits per heavy atom. The summed E-state index contributed by atoms with van der Waals surface area (Å²) in [5, 5.41) is 6.91. The van der Waals surface area contributed by atoms with E-state index in [9.17, 15) is 13.6 Å². The molecular weight excluding hydrogens is 378 g/mol. The number of hydrogen-bond acceptors (Lipinski definition) is 4. The molecule has 0 aliphatic heterocycles. The molecule has 0 bridgehead atoms. The fourth-order valence-electron chi connectivity index (χ4n) is 2.80. The average molecular weight is 400 g/mol. The minimum absolute atomic E-state index is 0.0147. The quantitative estimate of drug-likeness (QED) is 0.698. The Morgan fingerprint density at radius 2 is 1.93 bits per heavy atom. The third kappa shape index (κ3) is 4.11. The second-order valence-electron chi connectivity index (χ2n) is 7.63. The summed E-state index contributed by atoms with van der Waals surface area (Å²) >= 11 is 0. The number of aryl methyl sites for hydroxylation is 1. The summed E-state index contributed by atoms with van der Waals surface area (Å²) < 4.78 is 34.0. The van der Waals surface area contributed by atoms with Crippen molar-refractivity contribution in [3.8, 4) is 16.9 Å². The molecule has 1 aromatic carbocycles. The van der Waals surface area contributed by atoms with Gasteiger partial charge >= 0.3 is 0 Å². The molecule has 3 rings (SSSR count). The lowest BCUT2D eigenvalue weighted by Gasteiger charge is -2.18. The first-order valence-corrected chi connectivity index (χ1v) is 8.97. The largest absolute Gasteiger partial charge is 0.491 e. The molecule has 0 saturated heterocycles. The SMILES string of the molecule is COc1c(NC(=O)c2cc(-c3cnn(C(C)(C)C)c3)c(C)cn2)ccc(F)c1F. The number of nitrogens with one attached hydrogen (secondary N) is 1. The topological polar surface area (TPSA) is 69.0 Å². The monoisotopic (exact) mass is 400 g/mol. The van der Waals surface area contributed by atoms with Crippen molar-refractivity contribution < 1.29 is 18.3 Å². The summed E-state index contributed by atoms with van der Waals surface area (Å²) in [6, 6.07) is 3.79. The van der Waals surface area contributed by atoms with Gasteiger partial charge < -0.3 is 10.1 Å². The summed E-state index contributed by atoms with van der Waals surface area (Å²) in [6.07, 6.45) is 5.22. The normalized spacial score (nSPS) is 11.4. The maximum atomic E-state index is 13.9. The highest BCUT2D eigenvalue weighted by Gasteiger charge is 2.19. The molecule has 3 aromatic rings. The highest BCUT2D eigenvalue weighted by molar-refractivity contribution is 6.04. The Labute approximate surface area is 167 Å². The Kier molecular flexibility index (Phi) is 5.37. The van der Waals surface area contributed by atoms with Crippen molar-refractivity contribution in [3.63, 3.8) is 0 Å². The van der Waals surface area contributed by atoms with E-state index < -0.39 is 17.5 Å². The zero-order valence-electron chi connectivity index (χ0n) is 16.9. The highest BCUT2D eigenvalue weighted by atomic mass is 19.2. The van der Waals surface area contributed by atoms with Crippen molar-refractivity contribution >= 4 is 11.6 Å². The number of anilines is 1. The minimum atomic E-state index is -1.17. The zero-order valence-corrected chi connectivity index (χ0v) is 16.9. The van der Waals surface area contributed by atoms with Crippen molar-refractivity contribution in [3.05, 3.63) is 59.7 Å². The number of rotatable bonds is 4. The summed E-state index contributed by atoms with van der Waals surface area (Å²) in [7, 11) is 1.20. The molecule has 0 aliphatic rings. The van der Waals surface area contributed by atoms with Crippen LogP contribution in [0, 0.1) is 18.6 Å². The number of methoxy groups -OCH3 is 1. The molecule has 1 amide bonds. The van der Waals surface area contributed by atoms with Crippen LogP contribution in [-0.2, 0) is 5.54 Å². The maximum absolute atomic E-state index is 13.9. The molecule has 152 valence electrons. The van der Waals surface area contributed by atoms with E-state index in [1.54, 1.807) is 18.5 Å². The van der Waals surface area contributed by atoms with Crippen molar-refractivity contribution in [2.75, 3.05) is 12.4 Å². The Hall–Kier alpha value is -3.29. The molecule has 0 unspecified atom stereocenters. The second kappa shape index (κ2) is 7.62. The van der Waals surface area contributed by atoms with Crippen LogP contribution in [0.2, 0.25) is 0 Å². The number of benzene rings is 1. The van der Waals surface area contributed by atoms with E-state index in [-0.39, 0.29) is 22.7 Å². The van der Waals surface area contributed by atoms with Crippen molar-refractivity contribution in [1.29, 1.82) is 0 Å². The lowest BCUT2D eigenvalue weighted by molar-refractivity contribution is 0.102. The van der Waals surface area contributed by atoms with Gasteiger partial charge in [0.25, 0.3) is 5.91 Å². The molecule has 0 fully saturated rings. The van der Waals surface area contributed by atoms with Gasteiger partial charge in [-0.25, -0.2) is 4.39 Å². The van der Waals surface area contributed by atoms with Crippen molar-refractivity contribution in [2.24, 2.45) is 0 Å². The van der Waals surface area contributed by atoms with E-state index in [0.717, 1.165) is 22.8 Å². The van der Waals surface area contributed by atoms with E-state index in [1.807, 2.05) is 38.6 Å². The number of aromatic nitrogens is 3. The zero-order chi connectivity index (χ0) is 21.3. The van der Waals surface area contributed by atoms with Gasteiger partial charge in [0, 0.05) is 18.0 Å². The standard InChI is InChI=1S/C21H22F2N4O2/c1-12-9-24-17(8-14(12)13-10-25-27(11-13)21(2,3)4)20(28)26-16-7-6-15(22)18(23)19(16)29-5/h6-11H,1-5H3,(H,26,28). The first-order valence-electron chi connectivity index (χ1n) is 8.97. The predicted molar refractivity (Wildman–Crippen MR) is 106 cm³/mol. The van der Waals surface area contributed by atoms with Crippen LogP contribution in [0.3, 0.4) is 0 Å². The van der Waals surface area contributed by atoms with Crippen molar-refractivity contribution in [2.45, 2.75) is 33.2 Å². The minimum Gasteiger partial charge on any atom is -0.491 e. The third-order valence-corrected chi connectivity index (χ3v) is 4.42. The molecule has 0 radical (unpaired) electrons. The second-order valence-corrected chi connectivity index (χ2v) is 7.63. The molecule has 8 heteroatoms. The average Bonchev–Trinajstić information content (AvgIpc) is 3.16. The summed E-state index contributed by atoms with van der Waals surface area (Å²) in [5.74, 6) is -3.18. The third-order valence-electron chi connectivity index (χ3n) is 4.42. The van der Waals surface area contributed by atoms with Crippen LogP contribution in [0.15, 0.2) is 36.8 Å². The van der Waals surface area contributed by atoms with Gasteiger partial charge in [-0.2, -0.15) is 9.49 Å². The van der Waals surface area contributed by atoms with Crippen LogP contribution in [0.5, 0.6) is 5.75 Å². The number of carbonyl (C=O) groups is 1. The number of hydrogen-bond donors (Lipinski definition) is 1. The molecule has 2 heterocycles. The molecule has 1 N–H and O–H groups in total. The lowest BCUT2D eigenvalue weighted by atomic mass is 10.0. The molecule has 2 aromatic heterocycles. The molecule has 0 spiro atoms. The van der Waals surface area contributed by atoms with E-state index in [1.165, 1.54) is 13.2 Å². The molecular formula is C21H22F2N4O2. The molecule has 0 aliphatic carbocycles. The van der Waals surface area contributed by atoms with Crippen LogP contribution in [0.1, 0.15) is 36.8 Å². The van der Waals surface area contributed by atoms with Gasteiger partial charge in [-0.3, -0.25) is 14.5 Å². The number of amides is 1. The van der Waals surface area contributed by atoms with Gasteiger partial charge in [-0.05, 0) is 57.0 Å². The Balaban J connectivity index is 1.93. The van der Waals surface area contributed by atoms with E-state index in [2.05, 4.69) is 15.4 Å². The van der Waals surface area contributed by atoms with Crippen LogP contribution in [0.4, 0.5) is 14.5 Å². The summed E-state index contributed by atoms with van der Waals surface area (Å²) in [5.41, 5.74) is 2.49. The number of ether oxygens (including phenoxy) is 1. The Bertz CT molecular complexity index is 1070. The van der Waals surface area contributed by atoms with Crippen LogP contribution < -0.4 is 10.1 Å². The highest BCUT2D eigenvalue weighted by Crippen LogP contribution is 2.30. The first-order chi connectivity index (χ1) is 13.6. The molecule has 0 atom stereocenters. The first kappa shape index (κ1) is 20.4. The van der Waals surface area contributed by atoms with E-state index >= 15 is 0 Å². The number of nitrogens with zero attached hydrogens (tertiary/aromatic N) is 3. The lowest BCUT2D eigenvalue weighted by Crippen LogP contribution is -2.21.